The Morgan fingerprint density at radius 2 is 2.20 bits per heavy atom. The maximum Gasteiger partial charge on any atom is 0.309 e. The molecule has 0 radical (unpaired) electrons. The molecular formula is C15H25IN2O2. The van der Waals surface area contributed by atoms with Gasteiger partial charge < -0.3 is 28.7 Å². The van der Waals surface area contributed by atoms with Crippen molar-refractivity contribution in [3.05, 3.63) is 18.2 Å². The van der Waals surface area contributed by atoms with Gasteiger partial charge in [0.15, 0.2) is 0 Å². The van der Waals surface area contributed by atoms with E-state index in [0.717, 1.165) is 19.4 Å². The topological polar surface area (TPSA) is 35.1 Å². The van der Waals surface area contributed by atoms with Crippen molar-refractivity contribution in [2.75, 3.05) is 6.61 Å². The Hall–Kier alpha value is -0.590. The molecule has 0 aliphatic carbocycles. The maximum absolute atomic E-state index is 11.6. The smallest absolute Gasteiger partial charge is 0.309 e. The number of ether oxygens (including phenoxy) is 1. The first-order chi connectivity index (χ1) is 9.15. The zero-order chi connectivity index (χ0) is 13.8. The predicted molar refractivity (Wildman–Crippen MR) is 72.5 cm³/mol. The van der Waals surface area contributed by atoms with E-state index in [-0.39, 0.29) is 35.9 Å². The summed E-state index contributed by atoms with van der Waals surface area (Å²) in [5, 5.41) is 0. The lowest BCUT2D eigenvalue weighted by Crippen LogP contribution is -3.00. The molecule has 1 saturated heterocycles. The van der Waals surface area contributed by atoms with Crippen LogP contribution in [0.5, 0.6) is 0 Å². The third-order valence-electron chi connectivity index (χ3n) is 4.08. The fourth-order valence-corrected chi connectivity index (χ4v) is 2.85. The van der Waals surface area contributed by atoms with Crippen molar-refractivity contribution < 1.29 is 38.1 Å². The van der Waals surface area contributed by atoms with E-state index in [1.165, 1.54) is 18.5 Å². The van der Waals surface area contributed by atoms with Crippen molar-refractivity contribution >= 4 is 5.97 Å². The molecule has 1 aromatic rings. The van der Waals surface area contributed by atoms with Gasteiger partial charge in [-0.2, -0.15) is 0 Å². The van der Waals surface area contributed by atoms with E-state index in [9.17, 15) is 4.79 Å². The number of hydrogen-bond donors (Lipinski definition) is 0. The molecular weight excluding hydrogens is 367 g/mol. The lowest BCUT2D eigenvalue weighted by molar-refractivity contribution is -0.697. The van der Waals surface area contributed by atoms with Crippen molar-refractivity contribution in [2.24, 2.45) is 18.9 Å². The third-order valence-corrected chi connectivity index (χ3v) is 4.08. The van der Waals surface area contributed by atoms with E-state index in [1.807, 2.05) is 0 Å². The highest BCUT2D eigenvalue weighted by Crippen LogP contribution is 2.27. The zero-order valence-electron chi connectivity index (χ0n) is 12.6. The first-order valence-corrected chi connectivity index (χ1v) is 7.36. The van der Waals surface area contributed by atoms with Crippen molar-refractivity contribution in [2.45, 2.75) is 46.1 Å². The van der Waals surface area contributed by atoms with Crippen LogP contribution in [0.15, 0.2) is 12.5 Å². The summed E-state index contributed by atoms with van der Waals surface area (Å²) < 4.78 is 9.62. The van der Waals surface area contributed by atoms with E-state index in [4.69, 9.17) is 4.74 Å². The molecule has 114 valence electrons. The van der Waals surface area contributed by atoms with Gasteiger partial charge in [-0.3, -0.25) is 4.79 Å². The van der Waals surface area contributed by atoms with Gasteiger partial charge in [0, 0.05) is 12.3 Å². The number of esters is 1. The molecule has 0 unspecified atom stereocenters. The molecule has 0 N–H and O–H groups in total. The summed E-state index contributed by atoms with van der Waals surface area (Å²) in [6.45, 7) is 5.92. The third kappa shape index (κ3) is 3.96. The quantitative estimate of drug-likeness (QED) is 0.349. The molecule has 0 bridgehead atoms. The molecule has 20 heavy (non-hydrogen) atoms. The van der Waals surface area contributed by atoms with Crippen LogP contribution in [-0.2, 0) is 29.5 Å². The van der Waals surface area contributed by atoms with E-state index in [0.29, 0.717) is 12.5 Å². The van der Waals surface area contributed by atoms with Crippen LogP contribution in [0.3, 0.4) is 0 Å². The maximum atomic E-state index is 11.6. The summed E-state index contributed by atoms with van der Waals surface area (Å²) in [5.74, 6) is 0.408. The fourth-order valence-electron chi connectivity index (χ4n) is 2.85. The molecule has 4 nitrogen and oxygen atoms in total. The molecule has 2 rings (SSSR count). The Morgan fingerprint density at radius 3 is 2.85 bits per heavy atom. The number of rotatable bonds is 6. The summed E-state index contributed by atoms with van der Waals surface area (Å²) in [4.78, 5) is 11.6. The van der Waals surface area contributed by atoms with Crippen LogP contribution in [0.25, 0.3) is 0 Å². The Morgan fingerprint density at radius 1 is 1.45 bits per heavy atom. The lowest BCUT2D eigenvalue weighted by atomic mass is 9.89. The van der Waals surface area contributed by atoms with Crippen molar-refractivity contribution in [3.63, 3.8) is 0 Å². The normalized spacial score (nSPS) is 21.6. The number of carbonyl (C=O) groups is 1. The van der Waals surface area contributed by atoms with Crippen LogP contribution in [-0.4, -0.2) is 17.1 Å². The molecule has 1 fully saturated rings. The van der Waals surface area contributed by atoms with Gasteiger partial charge in [0.05, 0.1) is 26.1 Å². The molecule has 5 heteroatoms. The molecule has 0 saturated carbocycles. The summed E-state index contributed by atoms with van der Waals surface area (Å²) in [5.41, 5.74) is 1.29. The number of carbonyl (C=O) groups excluding carboxylic acids is 1. The average Bonchev–Trinajstić information content (AvgIpc) is 2.91. The number of aromatic nitrogens is 2. The van der Waals surface area contributed by atoms with Gasteiger partial charge in [0.2, 0.25) is 6.33 Å². The molecule has 2 atom stereocenters. The number of aryl methyl sites for hydroxylation is 2. The second-order valence-electron chi connectivity index (χ2n) is 5.55. The van der Waals surface area contributed by atoms with E-state index < -0.39 is 0 Å². The number of hydrogen-bond acceptors (Lipinski definition) is 2. The van der Waals surface area contributed by atoms with E-state index >= 15 is 0 Å². The van der Waals surface area contributed by atoms with Crippen molar-refractivity contribution in [1.29, 1.82) is 0 Å². The number of unbranched alkanes of at least 4 members (excludes halogenated alkanes) is 1. The van der Waals surface area contributed by atoms with Crippen LogP contribution in [0, 0.1) is 11.8 Å². The number of cyclic esters (lactones) is 1. The summed E-state index contributed by atoms with van der Waals surface area (Å²) in [6, 6.07) is 0. The summed E-state index contributed by atoms with van der Waals surface area (Å²) in [7, 11) is 2.08. The number of halogens is 1. The van der Waals surface area contributed by atoms with Gasteiger partial charge in [-0.25, -0.2) is 9.13 Å². The molecule has 1 aliphatic rings. The fraction of sp³-hybridized carbons (Fsp3) is 0.733. The first kappa shape index (κ1) is 17.5. The van der Waals surface area contributed by atoms with Crippen LogP contribution >= 0.6 is 0 Å². The zero-order valence-corrected chi connectivity index (χ0v) is 14.8. The van der Waals surface area contributed by atoms with E-state index in [1.54, 1.807) is 0 Å². The van der Waals surface area contributed by atoms with Gasteiger partial charge in [-0.05, 0) is 12.8 Å². The Bertz CT molecular complexity index is 445. The second kappa shape index (κ2) is 8.00. The monoisotopic (exact) mass is 392 g/mol. The van der Waals surface area contributed by atoms with Crippen LogP contribution in [0.1, 0.15) is 38.8 Å². The molecule has 1 aliphatic heterocycles. The highest BCUT2D eigenvalue weighted by atomic mass is 127. The predicted octanol–water partition coefficient (Wildman–Crippen LogP) is -1.14. The SMILES string of the molecule is CCCC[n+]1cc(C[C@H]2COC(=O)[C@H]2CC)n(C)c1.[I-]. The summed E-state index contributed by atoms with van der Waals surface area (Å²) in [6.07, 6.45) is 8.58. The Labute approximate surface area is 138 Å². The van der Waals surface area contributed by atoms with Crippen LogP contribution < -0.4 is 28.5 Å². The molecule has 1 aromatic heterocycles. The van der Waals surface area contributed by atoms with Crippen molar-refractivity contribution in [1.82, 2.24) is 4.57 Å². The number of imidazole rings is 1. The highest BCUT2D eigenvalue weighted by Gasteiger charge is 2.36. The first-order valence-electron chi connectivity index (χ1n) is 7.36. The van der Waals surface area contributed by atoms with Crippen LogP contribution in [0.2, 0.25) is 0 Å². The standard InChI is InChI=1S/C15H25N2O2.HI/c1-4-6-7-17-9-13(16(3)11-17)8-12-10-19-15(18)14(12)5-2;/h9,11-12,14H,4-8,10H2,1-3H3;1H/q+1;/p-1/t12-,14-;/m0./s1. The average molecular weight is 392 g/mol. The largest absolute Gasteiger partial charge is 1.00 e. The van der Waals surface area contributed by atoms with Crippen LogP contribution in [0.4, 0.5) is 0 Å². The Balaban J connectivity index is 0.00000200. The minimum absolute atomic E-state index is 0. The number of nitrogens with zero attached hydrogens (tertiary/aromatic N) is 2. The van der Waals surface area contributed by atoms with Crippen molar-refractivity contribution in [3.8, 4) is 0 Å². The molecule has 0 spiro atoms. The highest BCUT2D eigenvalue weighted by molar-refractivity contribution is 5.74. The molecule has 0 amide bonds. The lowest BCUT2D eigenvalue weighted by Gasteiger charge is -2.10. The molecule has 0 aromatic carbocycles. The van der Waals surface area contributed by atoms with Gasteiger partial charge >= 0.3 is 5.97 Å². The van der Waals surface area contributed by atoms with Gasteiger partial charge in [-0.15, -0.1) is 0 Å². The van der Waals surface area contributed by atoms with Gasteiger partial charge in [-0.1, -0.05) is 20.3 Å². The minimum atomic E-state index is -0.0134. The van der Waals surface area contributed by atoms with E-state index in [2.05, 4.69) is 42.6 Å². The second-order valence-corrected chi connectivity index (χ2v) is 5.55. The van der Waals surface area contributed by atoms with Gasteiger partial charge in [0.1, 0.15) is 11.9 Å². The summed E-state index contributed by atoms with van der Waals surface area (Å²) >= 11 is 0. The van der Waals surface area contributed by atoms with Gasteiger partial charge in [0.25, 0.3) is 0 Å². The molecule has 2 heterocycles. The minimum Gasteiger partial charge on any atom is -1.00 e. The Kier molecular flexibility index (Phi) is 6.99.